The minimum absolute atomic E-state index is 0.445. The van der Waals surface area contributed by atoms with Crippen LogP contribution in [0.25, 0.3) is 0 Å². The second kappa shape index (κ2) is 6.60. The van der Waals surface area contributed by atoms with Gasteiger partial charge in [0.1, 0.15) is 0 Å². The van der Waals surface area contributed by atoms with Crippen molar-refractivity contribution in [3.05, 3.63) is 65.7 Å². The van der Waals surface area contributed by atoms with Crippen molar-refractivity contribution in [3.8, 4) is 0 Å². The quantitative estimate of drug-likeness (QED) is 0.770. The highest BCUT2D eigenvalue weighted by Crippen LogP contribution is 2.29. The Morgan fingerprint density at radius 2 is 1.73 bits per heavy atom. The highest BCUT2D eigenvalue weighted by Gasteiger charge is 2.33. The van der Waals surface area contributed by atoms with E-state index in [0.717, 1.165) is 11.1 Å². The molecule has 3 rings (SSSR count). The van der Waals surface area contributed by atoms with E-state index < -0.39 is 10.0 Å². The van der Waals surface area contributed by atoms with E-state index in [4.69, 9.17) is 4.74 Å². The molecule has 0 atom stereocenters. The molecule has 0 bridgehead atoms. The summed E-state index contributed by atoms with van der Waals surface area (Å²) in [4.78, 5) is 0.445. The molecule has 0 N–H and O–H groups in total. The zero-order valence-electron chi connectivity index (χ0n) is 12.3. The van der Waals surface area contributed by atoms with Gasteiger partial charge in [0.15, 0.2) is 0 Å². The third-order valence-corrected chi connectivity index (χ3v) is 5.69. The van der Waals surface area contributed by atoms with Gasteiger partial charge in [-0.25, -0.2) is 8.42 Å². The maximum Gasteiger partial charge on any atom is 0.243 e. The number of benzene rings is 2. The lowest BCUT2D eigenvalue weighted by Crippen LogP contribution is -2.26. The molecule has 0 saturated carbocycles. The summed E-state index contributed by atoms with van der Waals surface area (Å²) < 4.78 is 31.8. The average Bonchev–Trinajstić information content (AvgIpc) is 2.79. The van der Waals surface area contributed by atoms with Gasteiger partial charge in [-0.2, -0.15) is 4.31 Å². The Morgan fingerprint density at radius 3 is 2.50 bits per heavy atom. The predicted octanol–water partition coefficient (Wildman–Crippen LogP) is 2.80. The first kappa shape index (κ1) is 15.2. The second-order valence-corrected chi connectivity index (χ2v) is 7.24. The molecule has 0 fully saturated rings. The molecule has 5 heteroatoms. The highest BCUT2D eigenvalue weighted by atomic mass is 32.2. The van der Waals surface area contributed by atoms with Crippen LogP contribution in [0.3, 0.4) is 0 Å². The van der Waals surface area contributed by atoms with Crippen LogP contribution in [-0.2, 0) is 27.9 Å². The summed E-state index contributed by atoms with van der Waals surface area (Å²) in [5, 5.41) is 0. The van der Waals surface area contributed by atoms with E-state index >= 15 is 0 Å². The molecule has 2 aromatic carbocycles. The van der Waals surface area contributed by atoms with Gasteiger partial charge in [-0.05, 0) is 23.6 Å². The van der Waals surface area contributed by atoms with E-state index in [1.807, 2.05) is 42.5 Å². The molecule has 22 heavy (non-hydrogen) atoms. The lowest BCUT2D eigenvalue weighted by Gasteiger charge is -2.14. The van der Waals surface area contributed by atoms with Crippen LogP contribution in [0, 0.1) is 0 Å². The summed E-state index contributed by atoms with van der Waals surface area (Å²) in [7, 11) is -3.31. The van der Waals surface area contributed by atoms with E-state index in [1.165, 1.54) is 4.31 Å². The van der Waals surface area contributed by atoms with Crippen LogP contribution >= 0.6 is 0 Å². The van der Waals surface area contributed by atoms with Gasteiger partial charge < -0.3 is 4.74 Å². The van der Waals surface area contributed by atoms with Crippen molar-refractivity contribution in [2.45, 2.75) is 24.5 Å². The van der Waals surface area contributed by atoms with Crippen molar-refractivity contribution in [1.82, 2.24) is 4.31 Å². The third kappa shape index (κ3) is 3.21. The summed E-state index contributed by atoms with van der Waals surface area (Å²) in [6, 6.07) is 17.2. The fourth-order valence-corrected chi connectivity index (χ4v) is 4.28. The van der Waals surface area contributed by atoms with E-state index in [-0.39, 0.29) is 0 Å². The van der Waals surface area contributed by atoms with Gasteiger partial charge in [-0.15, -0.1) is 0 Å². The van der Waals surface area contributed by atoms with Crippen LogP contribution in [-0.4, -0.2) is 25.9 Å². The maximum absolute atomic E-state index is 12.4. The average molecular weight is 317 g/mol. The smallest absolute Gasteiger partial charge is 0.243 e. The molecule has 116 valence electrons. The number of hydrogen-bond donors (Lipinski definition) is 0. The Bertz CT molecular complexity index is 729. The molecule has 0 amide bonds. The SMILES string of the molecule is O=S1(=O)c2ccccc2CN1CCCOCc1ccccc1. The summed E-state index contributed by atoms with van der Waals surface area (Å²) >= 11 is 0. The molecule has 0 unspecified atom stereocenters. The number of rotatable bonds is 6. The molecule has 0 aromatic heterocycles. The first-order chi connectivity index (χ1) is 10.7. The topological polar surface area (TPSA) is 46.6 Å². The van der Waals surface area contributed by atoms with Crippen LogP contribution in [0.1, 0.15) is 17.5 Å². The van der Waals surface area contributed by atoms with Crippen molar-refractivity contribution in [2.24, 2.45) is 0 Å². The lowest BCUT2D eigenvalue weighted by atomic mass is 10.2. The van der Waals surface area contributed by atoms with Crippen LogP contribution in [0.15, 0.2) is 59.5 Å². The van der Waals surface area contributed by atoms with E-state index in [1.54, 1.807) is 12.1 Å². The standard InChI is InChI=1S/C17H19NO3S/c19-22(20)17-10-5-4-9-16(17)13-18(22)11-6-12-21-14-15-7-2-1-3-8-15/h1-5,7-10H,6,11-14H2. The second-order valence-electron chi connectivity index (χ2n) is 5.34. The Kier molecular flexibility index (Phi) is 4.57. The fourth-order valence-electron chi connectivity index (χ4n) is 2.61. The third-order valence-electron chi connectivity index (χ3n) is 3.74. The van der Waals surface area contributed by atoms with Gasteiger partial charge in [-0.1, -0.05) is 48.5 Å². The Hall–Kier alpha value is -1.69. The molecule has 4 nitrogen and oxygen atoms in total. The number of ether oxygens (including phenoxy) is 1. The number of fused-ring (bicyclic) bond motifs is 1. The predicted molar refractivity (Wildman–Crippen MR) is 84.8 cm³/mol. The van der Waals surface area contributed by atoms with Crippen molar-refractivity contribution >= 4 is 10.0 Å². The van der Waals surface area contributed by atoms with Crippen LogP contribution in [0.2, 0.25) is 0 Å². The highest BCUT2D eigenvalue weighted by molar-refractivity contribution is 7.89. The molecule has 1 heterocycles. The molecule has 2 aromatic rings. The fraction of sp³-hybridized carbons (Fsp3) is 0.294. The maximum atomic E-state index is 12.4. The van der Waals surface area contributed by atoms with Gasteiger partial charge in [0, 0.05) is 19.7 Å². The van der Waals surface area contributed by atoms with E-state index in [9.17, 15) is 8.42 Å². The van der Waals surface area contributed by atoms with Crippen LogP contribution in [0.5, 0.6) is 0 Å². The molecule has 1 aliphatic heterocycles. The molecule has 0 radical (unpaired) electrons. The van der Waals surface area contributed by atoms with Gasteiger partial charge in [0.25, 0.3) is 0 Å². The number of nitrogens with zero attached hydrogens (tertiary/aromatic N) is 1. The monoisotopic (exact) mass is 317 g/mol. The Labute approximate surface area is 131 Å². The van der Waals surface area contributed by atoms with Gasteiger partial charge in [0.05, 0.1) is 11.5 Å². The molecule has 0 spiro atoms. The lowest BCUT2D eigenvalue weighted by molar-refractivity contribution is 0.114. The Balaban J connectivity index is 1.47. The van der Waals surface area contributed by atoms with E-state index in [0.29, 0.717) is 37.6 Å². The Morgan fingerprint density at radius 1 is 1.00 bits per heavy atom. The summed E-state index contributed by atoms with van der Waals surface area (Å²) in [5.74, 6) is 0. The summed E-state index contributed by atoms with van der Waals surface area (Å²) in [5.41, 5.74) is 2.01. The van der Waals surface area contributed by atoms with Crippen LogP contribution < -0.4 is 0 Å². The summed E-state index contributed by atoms with van der Waals surface area (Å²) in [6.07, 6.45) is 0.694. The zero-order valence-corrected chi connectivity index (χ0v) is 13.1. The largest absolute Gasteiger partial charge is 0.377 e. The zero-order chi connectivity index (χ0) is 15.4. The molecule has 1 aliphatic rings. The van der Waals surface area contributed by atoms with E-state index in [2.05, 4.69) is 0 Å². The molecule has 0 saturated heterocycles. The van der Waals surface area contributed by atoms with Crippen molar-refractivity contribution < 1.29 is 13.2 Å². The minimum atomic E-state index is -3.31. The number of hydrogen-bond acceptors (Lipinski definition) is 3. The van der Waals surface area contributed by atoms with Gasteiger partial charge in [-0.3, -0.25) is 0 Å². The normalized spacial score (nSPS) is 16.5. The van der Waals surface area contributed by atoms with Crippen molar-refractivity contribution in [2.75, 3.05) is 13.2 Å². The molecular weight excluding hydrogens is 298 g/mol. The summed E-state index contributed by atoms with van der Waals surface area (Å²) in [6.45, 7) is 2.08. The number of sulfonamides is 1. The van der Waals surface area contributed by atoms with Gasteiger partial charge >= 0.3 is 0 Å². The molecule has 0 aliphatic carbocycles. The van der Waals surface area contributed by atoms with Crippen molar-refractivity contribution in [3.63, 3.8) is 0 Å². The first-order valence-electron chi connectivity index (χ1n) is 7.37. The van der Waals surface area contributed by atoms with Crippen LogP contribution in [0.4, 0.5) is 0 Å². The minimum Gasteiger partial charge on any atom is -0.377 e. The van der Waals surface area contributed by atoms with Gasteiger partial charge in [0.2, 0.25) is 10.0 Å². The molecular formula is C17H19NO3S. The first-order valence-corrected chi connectivity index (χ1v) is 8.82. The van der Waals surface area contributed by atoms with Crippen molar-refractivity contribution in [1.29, 1.82) is 0 Å².